The van der Waals surface area contributed by atoms with Crippen molar-refractivity contribution >= 4 is 0 Å². The van der Waals surface area contributed by atoms with Gasteiger partial charge >= 0.3 is 0 Å². The Hall–Kier alpha value is -1.06. The van der Waals surface area contributed by atoms with Gasteiger partial charge in [-0.2, -0.15) is 10.5 Å². The highest BCUT2D eigenvalue weighted by atomic mass is 14.9. The van der Waals surface area contributed by atoms with Crippen LogP contribution in [0.4, 0.5) is 0 Å². The van der Waals surface area contributed by atoms with Crippen molar-refractivity contribution in [3.8, 4) is 12.1 Å². The van der Waals surface area contributed by atoms with Crippen LogP contribution in [0.25, 0.3) is 0 Å². The third-order valence-corrected chi connectivity index (χ3v) is 0.666. The zero-order chi connectivity index (χ0) is 6.41. The second-order valence-corrected chi connectivity index (χ2v) is 1.25. The van der Waals surface area contributed by atoms with Gasteiger partial charge < -0.3 is 0 Å². The molecule has 0 aromatic rings. The molecule has 3 nitrogen and oxygen atoms in total. The largest absolute Gasteiger partial charge is 0.290 e. The summed E-state index contributed by atoms with van der Waals surface area (Å²) in [4.78, 5) is 0. The first kappa shape index (κ1) is 6.94. The fourth-order valence-corrected chi connectivity index (χ4v) is 0.324. The Bertz CT molecular complexity index is 114. The number of nitriles is 2. The van der Waals surface area contributed by atoms with Crippen molar-refractivity contribution in [2.45, 2.75) is 13.0 Å². The van der Waals surface area contributed by atoms with Gasteiger partial charge in [0.1, 0.15) is 0 Å². The molecule has 0 atom stereocenters. The smallest absolute Gasteiger partial charge is 0.183 e. The quantitative estimate of drug-likeness (QED) is 0.543. The molecule has 0 unspecified atom stereocenters. The molecular formula is C5H7N3. The Balaban J connectivity index is 3.46. The maximum absolute atomic E-state index is 8.12. The summed E-state index contributed by atoms with van der Waals surface area (Å²) in [6.45, 7) is 2.51. The van der Waals surface area contributed by atoms with Gasteiger partial charge in [0, 0.05) is 0 Å². The van der Waals surface area contributed by atoms with Gasteiger partial charge in [0.05, 0.1) is 12.1 Å². The minimum Gasteiger partial charge on any atom is -0.290 e. The van der Waals surface area contributed by atoms with Crippen LogP contribution in [0.5, 0.6) is 0 Å². The number of rotatable bonds is 2. The minimum absolute atomic E-state index is 0.639. The van der Waals surface area contributed by atoms with E-state index in [9.17, 15) is 0 Å². The molecule has 1 N–H and O–H groups in total. The van der Waals surface area contributed by atoms with E-state index in [4.69, 9.17) is 10.5 Å². The lowest BCUT2D eigenvalue weighted by molar-refractivity contribution is 0.724. The summed E-state index contributed by atoms with van der Waals surface area (Å²) in [6, 6.07) is 2.92. The van der Waals surface area contributed by atoms with Crippen molar-refractivity contribution in [2.75, 3.05) is 6.54 Å². The Morgan fingerprint density at radius 1 is 1.50 bits per heavy atom. The summed E-state index contributed by atoms with van der Waals surface area (Å²) in [5.41, 5.74) is 0. The highest BCUT2D eigenvalue weighted by Crippen LogP contribution is 1.72. The number of nitrogens with one attached hydrogen (secondary N) is 1. The summed E-state index contributed by atoms with van der Waals surface area (Å²) < 4.78 is 0. The predicted octanol–water partition coefficient (Wildman–Crippen LogP) is 0.0117. The van der Waals surface area contributed by atoms with Crippen LogP contribution in [-0.4, -0.2) is 12.6 Å². The van der Waals surface area contributed by atoms with Gasteiger partial charge in [-0.15, -0.1) is 0 Å². The lowest BCUT2D eigenvalue weighted by Crippen LogP contribution is -2.24. The molecule has 0 fully saturated rings. The molecule has 0 bridgehead atoms. The Morgan fingerprint density at radius 3 is 2.12 bits per heavy atom. The molecule has 8 heavy (non-hydrogen) atoms. The van der Waals surface area contributed by atoms with Crippen LogP contribution in [0.1, 0.15) is 6.92 Å². The standard InChI is InChI=1S/C5H7N3/c1-2-8-5(3-6)4-7/h5,8H,2H2,1H3. The molecule has 0 rings (SSSR count). The van der Waals surface area contributed by atoms with Gasteiger partial charge in [0.2, 0.25) is 0 Å². The molecule has 0 aliphatic carbocycles. The number of nitrogens with zero attached hydrogens (tertiary/aromatic N) is 2. The summed E-state index contributed by atoms with van der Waals surface area (Å²) >= 11 is 0. The van der Waals surface area contributed by atoms with Gasteiger partial charge in [-0.1, -0.05) is 6.92 Å². The van der Waals surface area contributed by atoms with E-state index < -0.39 is 6.04 Å². The van der Waals surface area contributed by atoms with Crippen molar-refractivity contribution in [2.24, 2.45) is 0 Å². The Kier molecular flexibility index (Phi) is 3.56. The van der Waals surface area contributed by atoms with Gasteiger partial charge in [-0.25, -0.2) is 0 Å². The molecule has 0 aromatic heterocycles. The van der Waals surface area contributed by atoms with Crippen molar-refractivity contribution in [3.05, 3.63) is 0 Å². The monoisotopic (exact) mass is 109 g/mol. The van der Waals surface area contributed by atoms with Crippen molar-refractivity contribution in [1.82, 2.24) is 5.32 Å². The van der Waals surface area contributed by atoms with E-state index in [1.165, 1.54) is 0 Å². The number of hydrogen-bond acceptors (Lipinski definition) is 3. The van der Waals surface area contributed by atoms with Crippen LogP contribution in [0, 0.1) is 22.7 Å². The Labute approximate surface area is 48.5 Å². The van der Waals surface area contributed by atoms with Crippen LogP contribution in [0.2, 0.25) is 0 Å². The third-order valence-electron chi connectivity index (χ3n) is 0.666. The normalized spacial score (nSPS) is 8.00. The second kappa shape index (κ2) is 4.11. The topological polar surface area (TPSA) is 59.6 Å². The fraction of sp³-hybridized carbons (Fsp3) is 0.600. The second-order valence-electron chi connectivity index (χ2n) is 1.25. The first-order valence-electron chi connectivity index (χ1n) is 2.37. The molecule has 0 aliphatic heterocycles. The van der Waals surface area contributed by atoms with E-state index in [0.717, 1.165) is 0 Å². The molecule has 0 saturated carbocycles. The van der Waals surface area contributed by atoms with E-state index in [-0.39, 0.29) is 0 Å². The lowest BCUT2D eigenvalue weighted by Gasteiger charge is -1.95. The van der Waals surface area contributed by atoms with Crippen LogP contribution in [0.15, 0.2) is 0 Å². The maximum Gasteiger partial charge on any atom is 0.183 e. The highest BCUT2D eigenvalue weighted by molar-refractivity contribution is 5.05. The van der Waals surface area contributed by atoms with Gasteiger partial charge in [-0.05, 0) is 6.54 Å². The van der Waals surface area contributed by atoms with Gasteiger partial charge in [0.15, 0.2) is 6.04 Å². The molecule has 0 amide bonds. The lowest BCUT2D eigenvalue weighted by atomic mass is 10.4. The molecule has 0 aliphatic rings. The van der Waals surface area contributed by atoms with Crippen LogP contribution in [0.3, 0.4) is 0 Å². The van der Waals surface area contributed by atoms with Crippen LogP contribution in [-0.2, 0) is 0 Å². The summed E-state index contributed by atoms with van der Waals surface area (Å²) in [6.07, 6.45) is 0. The van der Waals surface area contributed by atoms with Crippen LogP contribution >= 0.6 is 0 Å². The van der Waals surface area contributed by atoms with E-state index in [1.807, 2.05) is 6.92 Å². The molecule has 0 saturated heterocycles. The average molecular weight is 109 g/mol. The van der Waals surface area contributed by atoms with E-state index in [1.54, 1.807) is 12.1 Å². The van der Waals surface area contributed by atoms with Crippen molar-refractivity contribution in [3.63, 3.8) is 0 Å². The summed E-state index contributed by atoms with van der Waals surface area (Å²) in [5, 5.41) is 18.9. The molecular weight excluding hydrogens is 102 g/mol. The molecule has 0 radical (unpaired) electrons. The van der Waals surface area contributed by atoms with Gasteiger partial charge in [0.25, 0.3) is 0 Å². The minimum atomic E-state index is -0.639. The van der Waals surface area contributed by atoms with E-state index in [0.29, 0.717) is 6.54 Å². The third kappa shape index (κ3) is 2.17. The van der Waals surface area contributed by atoms with Crippen molar-refractivity contribution in [1.29, 1.82) is 10.5 Å². The Morgan fingerprint density at radius 2 is 2.00 bits per heavy atom. The predicted molar refractivity (Wildman–Crippen MR) is 28.7 cm³/mol. The fourth-order valence-electron chi connectivity index (χ4n) is 0.324. The zero-order valence-electron chi connectivity index (χ0n) is 4.68. The summed E-state index contributed by atoms with van der Waals surface area (Å²) in [7, 11) is 0. The SMILES string of the molecule is CCNC(C#N)C#N. The zero-order valence-corrected chi connectivity index (χ0v) is 4.68. The average Bonchev–Trinajstić information content (AvgIpc) is 1.83. The molecule has 0 heterocycles. The molecule has 3 heteroatoms. The van der Waals surface area contributed by atoms with Crippen LogP contribution < -0.4 is 5.32 Å². The van der Waals surface area contributed by atoms with E-state index >= 15 is 0 Å². The first-order chi connectivity index (χ1) is 3.85. The number of hydrogen-bond donors (Lipinski definition) is 1. The van der Waals surface area contributed by atoms with Gasteiger partial charge in [-0.3, -0.25) is 5.32 Å². The molecule has 42 valence electrons. The maximum atomic E-state index is 8.12. The highest BCUT2D eigenvalue weighted by Gasteiger charge is 1.98. The van der Waals surface area contributed by atoms with Crippen molar-refractivity contribution < 1.29 is 0 Å². The molecule has 0 spiro atoms. The molecule has 0 aromatic carbocycles. The first-order valence-corrected chi connectivity index (χ1v) is 2.37. The van der Waals surface area contributed by atoms with E-state index in [2.05, 4.69) is 5.32 Å². The summed E-state index contributed by atoms with van der Waals surface area (Å²) in [5.74, 6) is 0.